The lowest BCUT2D eigenvalue weighted by Crippen LogP contribution is -2.13. The van der Waals surface area contributed by atoms with Crippen LogP contribution < -0.4 is 4.74 Å². The highest BCUT2D eigenvalue weighted by Crippen LogP contribution is 2.41. The smallest absolute Gasteiger partial charge is 0.338 e. The molecule has 2 atom stereocenters. The predicted octanol–water partition coefficient (Wildman–Crippen LogP) is 2.79. The molecule has 1 aliphatic heterocycles. The normalized spacial score (nSPS) is 21.0. The molecule has 0 aliphatic carbocycles. The van der Waals surface area contributed by atoms with Crippen molar-refractivity contribution in [1.82, 2.24) is 0 Å². The van der Waals surface area contributed by atoms with Gasteiger partial charge in [-0.1, -0.05) is 19.4 Å². The number of aryl methyl sites for hydroxylation is 1. The molecule has 4 nitrogen and oxygen atoms in total. The highest BCUT2D eigenvalue weighted by atomic mass is 16.6. The number of carbonyl (C=O) groups excluding carboxylic acids is 1. The summed E-state index contributed by atoms with van der Waals surface area (Å²) in [5.41, 5.74) is 2.09. The second kappa shape index (κ2) is 6.06. The molecule has 0 bridgehead atoms. The van der Waals surface area contributed by atoms with Gasteiger partial charge in [0.25, 0.3) is 0 Å². The van der Waals surface area contributed by atoms with Gasteiger partial charge in [-0.15, -0.1) is 0 Å². The van der Waals surface area contributed by atoms with Crippen LogP contribution in [0.4, 0.5) is 0 Å². The average molecular weight is 264 g/mol. The Morgan fingerprint density at radius 2 is 2.21 bits per heavy atom. The molecule has 0 amide bonds. The van der Waals surface area contributed by atoms with Gasteiger partial charge in [-0.2, -0.15) is 0 Å². The first-order valence-electron chi connectivity index (χ1n) is 6.64. The van der Waals surface area contributed by atoms with E-state index in [1.165, 1.54) is 0 Å². The topological polar surface area (TPSA) is 48.1 Å². The Bertz CT molecular complexity index is 455. The highest BCUT2D eigenvalue weighted by Gasteiger charge is 2.48. The maximum Gasteiger partial charge on any atom is 0.338 e. The first kappa shape index (κ1) is 13.9. The summed E-state index contributed by atoms with van der Waals surface area (Å²) < 4.78 is 15.7. The molecule has 4 heteroatoms. The minimum atomic E-state index is -0.441. The van der Waals surface area contributed by atoms with Crippen molar-refractivity contribution in [3.63, 3.8) is 0 Å². The average Bonchev–Trinajstić information content (AvgIpc) is 3.19. The second-order valence-electron chi connectivity index (χ2n) is 4.72. The fourth-order valence-electron chi connectivity index (χ4n) is 2.02. The van der Waals surface area contributed by atoms with Crippen LogP contribution >= 0.6 is 0 Å². The predicted molar refractivity (Wildman–Crippen MR) is 71.2 cm³/mol. The zero-order valence-corrected chi connectivity index (χ0v) is 11.6. The Morgan fingerprint density at radius 1 is 1.42 bits per heavy atom. The molecule has 0 saturated carbocycles. The summed E-state index contributed by atoms with van der Waals surface area (Å²) in [5.74, 6) is 0.553. The number of methoxy groups -OCH3 is 1. The van der Waals surface area contributed by atoms with Crippen molar-refractivity contribution in [2.45, 2.75) is 38.9 Å². The van der Waals surface area contributed by atoms with Crippen molar-refractivity contribution in [3.8, 4) is 5.75 Å². The number of hydrogen-bond donors (Lipinski definition) is 0. The van der Waals surface area contributed by atoms with Crippen LogP contribution in [-0.4, -0.2) is 25.8 Å². The lowest BCUT2D eigenvalue weighted by atomic mass is 10.0. The highest BCUT2D eigenvalue weighted by molar-refractivity contribution is 5.78. The molecule has 0 radical (unpaired) electrons. The summed E-state index contributed by atoms with van der Waals surface area (Å²) in [7, 11) is 1.63. The van der Waals surface area contributed by atoms with E-state index < -0.39 is 6.10 Å². The number of rotatable bonds is 6. The van der Waals surface area contributed by atoms with Gasteiger partial charge in [-0.3, -0.25) is 0 Å². The maximum absolute atomic E-state index is 11.7. The zero-order valence-electron chi connectivity index (χ0n) is 11.6. The Labute approximate surface area is 113 Å². The number of carbonyl (C=O) groups is 1. The van der Waals surface area contributed by atoms with Crippen molar-refractivity contribution < 1.29 is 19.0 Å². The molecule has 1 heterocycles. The first-order chi connectivity index (χ1) is 9.17. The lowest BCUT2D eigenvalue weighted by molar-refractivity contribution is -0.145. The van der Waals surface area contributed by atoms with Crippen molar-refractivity contribution in [1.29, 1.82) is 0 Å². The van der Waals surface area contributed by atoms with Crippen LogP contribution in [0.15, 0.2) is 18.2 Å². The molecule has 104 valence electrons. The lowest BCUT2D eigenvalue weighted by Gasteiger charge is -2.05. The van der Waals surface area contributed by atoms with Crippen LogP contribution in [-0.2, 0) is 14.3 Å². The Hall–Kier alpha value is -1.55. The van der Waals surface area contributed by atoms with Gasteiger partial charge < -0.3 is 14.2 Å². The molecule has 1 saturated heterocycles. The van der Waals surface area contributed by atoms with Gasteiger partial charge in [0.05, 0.1) is 13.7 Å². The van der Waals surface area contributed by atoms with Crippen molar-refractivity contribution in [2.75, 3.05) is 13.7 Å². The number of esters is 1. The van der Waals surface area contributed by atoms with Crippen LogP contribution in [0.25, 0.3) is 0 Å². The van der Waals surface area contributed by atoms with Crippen LogP contribution in [0.1, 0.15) is 37.0 Å². The van der Waals surface area contributed by atoms with E-state index in [-0.39, 0.29) is 12.1 Å². The standard InChI is InChI=1S/C15H20O4/c1-4-5-8-18-15(16)14-13(19-14)12-7-6-11(17-3)9-10(12)2/h6-7,9,13-14H,4-5,8H2,1-3H3. The fraction of sp³-hybridized carbons (Fsp3) is 0.533. The SMILES string of the molecule is CCCCOC(=O)C1OC1c1ccc(OC)cc1C. The molecule has 1 aromatic rings. The zero-order chi connectivity index (χ0) is 13.8. The summed E-state index contributed by atoms with van der Waals surface area (Å²) in [6.07, 6.45) is 1.30. The third-order valence-corrected chi connectivity index (χ3v) is 3.25. The van der Waals surface area contributed by atoms with Gasteiger partial charge in [0.1, 0.15) is 11.9 Å². The van der Waals surface area contributed by atoms with Crippen LogP contribution in [0.5, 0.6) is 5.75 Å². The molecule has 0 spiro atoms. The molecule has 2 rings (SSSR count). The number of unbranched alkanes of at least 4 members (excludes halogenated alkanes) is 1. The summed E-state index contributed by atoms with van der Waals surface area (Å²) >= 11 is 0. The van der Waals surface area contributed by atoms with Crippen LogP contribution in [0.2, 0.25) is 0 Å². The summed E-state index contributed by atoms with van der Waals surface area (Å²) in [4.78, 5) is 11.7. The summed E-state index contributed by atoms with van der Waals surface area (Å²) in [6, 6.07) is 5.76. The van der Waals surface area contributed by atoms with E-state index >= 15 is 0 Å². The molecular weight excluding hydrogens is 244 g/mol. The van der Waals surface area contributed by atoms with Crippen LogP contribution in [0.3, 0.4) is 0 Å². The third kappa shape index (κ3) is 3.26. The van der Waals surface area contributed by atoms with Crippen LogP contribution in [0, 0.1) is 6.92 Å². The van der Waals surface area contributed by atoms with Crippen molar-refractivity contribution >= 4 is 5.97 Å². The minimum absolute atomic E-state index is 0.167. The molecular formula is C15H20O4. The Morgan fingerprint density at radius 3 is 2.84 bits per heavy atom. The monoisotopic (exact) mass is 264 g/mol. The van der Waals surface area contributed by atoms with Crippen molar-refractivity contribution in [3.05, 3.63) is 29.3 Å². The quantitative estimate of drug-likeness (QED) is 0.450. The van der Waals surface area contributed by atoms with Gasteiger partial charge in [-0.25, -0.2) is 4.79 Å². The number of ether oxygens (including phenoxy) is 3. The Kier molecular flexibility index (Phi) is 4.43. The molecule has 1 aliphatic rings. The first-order valence-corrected chi connectivity index (χ1v) is 6.64. The van der Waals surface area contributed by atoms with Gasteiger partial charge in [0, 0.05) is 0 Å². The van der Waals surface area contributed by atoms with Gasteiger partial charge in [0.2, 0.25) is 0 Å². The van der Waals surface area contributed by atoms with E-state index in [1.807, 2.05) is 25.1 Å². The van der Waals surface area contributed by atoms with E-state index in [9.17, 15) is 4.79 Å². The summed E-state index contributed by atoms with van der Waals surface area (Å²) in [5, 5.41) is 0. The van der Waals surface area contributed by atoms with E-state index in [0.29, 0.717) is 6.61 Å². The largest absolute Gasteiger partial charge is 0.497 e. The Balaban J connectivity index is 1.93. The van der Waals surface area contributed by atoms with E-state index in [4.69, 9.17) is 14.2 Å². The fourth-order valence-corrected chi connectivity index (χ4v) is 2.02. The molecule has 0 aromatic heterocycles. The molecule has 19 heavy (non-hydrogen) atoms. The minimum Gasteiger partial charge on any atom is -0.497 e. The number of epoxide rings is 1. The summed E-state index contributed by atoms with van der Waals surface area (Å²) in [6.45, 7) is 4.52. The molecule has 0 N–H and O–H groups in total. The third-order valence-electron chi connectivity index (χ3n) is 3.25. The van der Waals surface area contributed by atoms with E-state index in [0.717, 1.165) is 29.7 Å². The maximum atomic E-state index is 11.7. The van der Waals surface area contributed by atoms with Gasteiger partial charge in [-0.05, 0) is 36.6 Å². The second-order valence-corrected chi connectivity index (χ2v) is 4.72. The van der Waals surface area contributed by atoms with Crippen molar-refractivity contribution in [2.24, 2.45) is 0 Å². The van der Waals surface area contributed by atoms with Gasteiger partial charge >= 0.3 is 5.97 Å². The number of benzene rings is 1. The number of hydrogen-bond acceptors (Lipinski definition) is 4. The van der Waals surface area contributed by atoms with Gasteiger partial charge in [0.15, 0.2) is 6.10 Å². The molecule has 2 unspecified atom stereocenters. The van der Waals surface area contributed by atoms with E-state index in [1.54, 1.807) is 7.11 Å². The molecule has 1 aromatic carbocycles. The molecule has 1 fully saturated rings. The van der Waals surface area contributed by atoms with E-state index in [2.05, 4.69) is 6.92 Å².